The van der Waals surface area contributed by atoms with E-state index in [2.05, 4.69) is 9.97 Å². The first kappa shape index (κ1) is 9.26. The van der Waals surface area contributed by atoms with E-state index in [1.807, 2.05) is 12.1 Å². The fraction of sp³-hybridized carbons (Fsp3) is 0. The summed E-state index contributed by atoms with van der Waals surface area (Å²) in [6, 6.07) is 6.68. The molecular weight excluding hydrogens is 194 g/mol. The first-order valence-corrected chi connectivity index (χ1v) is 4.35. The average Bonchev–Trinajstić information content (AvgIpc) is 2.69. The molecule has 0 aliphatic rings. The van der Waals surface area contributed by atoms with Gasteiger partial charge in [-0.3, -0.25) is 9.59 Å². The van der Waals surface area contributed by atoms with E-state index in [9.17, 15) is 9.59 Å². The molecule has 0 radical (unpaired) electrons. The van der Waals surface area contributed by atoms with E-state index in [1.54, 1.807) is 12.3 Å². The quantitative estimate of drug-likeness (QED) is 0.662. The second kappa shape index (κ2) is 3.45. The Labute approximate surface area is 84.9 Å². The normalized spacial score (nSPS) is 10.1. The van der Waals surface area contributed by atoms with Gasteiger partial charge >= 0.3 is 0 Å². The molecule has 0 aliphatic heterocycles. The molecule has 76 valence electrons. The highest BCUT2D eigenvalue weighted by molar-refractivity contribution is 5.92. The molecular formula is C10H9N3O2. The molecule has 0 unspecified atom stereocenters. The lowest BCUT2D eigenvalue weighted by atomic mass is 10.2. The van der Waals surface area contributed by atoms with Gasteiger partial charge in [0, 0.05) is 6.20 Å². The van der Waals surface area contributed by atoms with E-state index < -0.39 is 11.5 Å². The topological polar surface area (TPSA) is 91.7 Å². The Morgan fingerprint density at radius 2 is 2.00 bits per heavy atom. The van der Waals surface area contributed by atoms with Crippen molar-refractivity contribution < 1.29 is 4.79 Å². The molecule has 5 nitrogen and oxygen atoms in total. The largest absolute Gasteiger partial charge is 0.365 e. The summed E-state index contributed by atoms with van der Waals surface area (Å²) in [5, 5.41) is 0. The van der Waals surface area contributed by atoms with Gasteiger partial charge in [-0.15, -0.1) is 0 Å². The third kappa shape index (κ3) is 1.67. The molecule has 2 aromatic heterocycles. The van der Waals surface area contributed by atoms with Crippen molar-refractivity contribution in [2.45, 2.75) is 0 Å². The van der Waals surface area contributed by atoms with E-state index in [4.69, 9.17) is 5.73 Å². The van der Waals surface area contributed by atoms with Gasteiger partial charge in [0.2, 0.25) is 0 Å². The Kier molecular flexibility index (Phi) is 2.13. The van der Waals surface area contributed by atoms with Gasteiger partial charge in [0.25, 0.3) is 11.5 Å². The molecule has 0 aliphatic carbocycles. The van der Waals surface area contributed by atoms with E-state index in [-0.39, 0.29) is 5.56 Å². The standard InChI is InChI=1S/C10H9N3O2/c11-9(14)6-3-4-8(13-10(6)15)7-2-1-5-12-7/h1-5,12H,(H2,11,14)(H,13,15). The first-order valence-electron chi connectivity index (χ1n) is 4.35. The number of aromatic nitrogens is 2. The Hall–Kier alpha value is -2.30. The van der Waals surface area contributed by atoms with Crippen molar-refractivity contribution >= 4 is 5.91 Å². The lowest BCUT2D eigenvalue weighted by molar-refractivity contribution is 0.0999. The van der Waals surface area contributed by atoms with Crippen LogP contribution in [-0.4, -0.2) is 15.9 Å². The van der Waals surface area contributed by atoms with Crippen LogP contribution in [0.4, 0.5) is 0 Å². The maximum Gasteiger partial charge on any atom is 0.261 e. The van der Waals surface area contributed by atoms with Crippen LogP contribution in [0.1, 0.15) is 10.4 Å². The highest BCUT2D eigenvalue weighted by atomic mass is 16.2. The summed E-state index contributed by atoms with van der Waals surface area (Å²) in [6.07, 6.45) is 1.75. The van der Waals surface area contributed by atoms with E-state index in [0.29, 0.717) is 5.69 Å². The fourth-order valence-electron chi connectivity index (χ4n) is 1.32. The number of hydrogen-bond acceptors (Lipinski definition) is 2. The molecule has 2 heterocycles. The summed E-state index contributed by atoms with van der Waals surface area (Å²) < 4.78 is 0. The first-order chi connectivity index (χ1) is 7.18. The molecule has 2 rings (SSSR count). The summed E-state index contributed by atoms with van der Waals surface area (Å²) in [5.74, 6) is -0.728. The van der Waals surface area contributed by atoms with Gasteiger partial charge in [-0.25, -0.2) is 0 Å². The minimum Gasteiger partial charge on any atom is -0.365 e. The van der Waals surface area contributed by atoms with Crippen molar-refractivity contribution in [2.75, 3.05) is 0 Å². The van der Waals surface area contributed by atoms with Gasteiger partial charge in [-0.2, -0.15) is 0 Å². The second-order valence-corrected chi connectivity index (χ2v) is 3.06. The third-order valence-corrected chi connectivity index (χ3v) is 2.06. The summed E-state index contributed by atoms with van der Waals surface area (Å²) in [5.41, 5.74) is 5.90. The number of rotatable bonds is 2. The Morgan fingerprint density at radius 1 is 1.20 bits per heavy atom. The number of aromatic amines is 2. The van der Waals surface area contributed by atoms with Crippen LogP contribution in [0.5, 0.6) is 0 Å². The number of primary amides is 1. The number of H-pyrrole nitrogens is 2. The van der Waals surface area contributed by atoms with E-state index in [0.717, 1.165) is 5.69 Å². The zero-order valence-corrected chi connectivity index (χ0v) is 7.78. The van der Waals surface area contributed by atoms with Gasteiger partial charge in [-0.1, -0.05) is 0 Å². The minimum absolute atomic E-state index is 0.0368. The molecule has 0 bridgehead atoms. The predicted molar refractivity (Wildman–Crippen MR) is 55.4 cm³/mol. The van der Waals surface area contributed by atoms with Gasteiger partial charge in [-0.05, 0) is 24.3 Å². The van der Waals surface area contributed by atoms with Gasteiger partial charge in [0.05, 0.1) is 11.4 Å². The smallest absolute Gasteiger partial charge is 0.261 e. The zero-order valence-electron chi connectivity index (χ0n) is 7.78. The van der Waals surface area contributed by atoms with Crippen molar-refractivity contribution in [3.05, 3.63) is 46.4 Å². The Morgan fingerprint density at radius 3 is 2.53 bits per heavy atom. The van der Waals surface area contributed by atoms with Crippen LogP contribution in [0.2, 0.25) is 0 Å². The molecule has 0 atom stereocenters. The second-order valence-electron chi connectivity index (χ2n) is 3.06. The molecule has 5 heteroatoms. The van der Waals surface area contributed by atoms with Gasteiger partial charge < -0.3 is 15.7 Å². The van der Waals surface area contributed by atoms with Crippen molar-refractivity contribution in [2.24, 2.45) is 5.73 Å². The highest BCUT2D eigenvalue weighted by Crippen LogP contribution is 2.11. The summed E-state index contributed by atoms with van der Waals surface area (Å²) in [6.45, 7) is 0. The maximum atomic E-state index is 11.4. The highest BCUT2D eigenvalue weighted by Gasteiger charge is 2.07. The van der Waals surface area contributed by atoms with Crippen molar-refractivity contribution in [1.29, 1.82) is 0 Å². The minimum atomic E-state index is -0.728. The lowest BCUT2D eigenvalue weighted by Gasteiger charge is -1.99. The molecule has 0 saturated carbocycles. The number of amides is 1. The average molecular weight is 203 g/mol. The number of carbonyl (C=O) groups excluding carboxylic acids is 1. The monoisotopic (exact) mass is 203 g/mol. The molecule has 0 spiro atoms. The summed E-state index contributed by atoms with van der Waals surface area (Å²) in [4.78, 5) is 27.7. The predicted octanol–water partition coefficient (Wildman–Crippen LogP) is 0.469. The fourth-order valence-corrected chi connectivity index (χ4v) is 1.32. The molecule has 15 heavy (non-hydrogen) atoms. The van der Waals surface area contributed by atoms with E-state index >= 15 is 0 Å². The Balaban J connectivity index is 2.52. The van der Waals surface area contributed by atoms with E-state index in [1.165, 1.54) is 6.07 Å². The van der Waals surface area contributed by atoms with Gasteiger partial charge in [0.1, 0.15) is 5.56 Å². The number of pyridine rings is 1. The molecule has 1 amide bonds. The van der Waals surface area contributed by atoms with Crippen LogP contribution in [0.15, 0.2) is 35.3 Å². The Bertz CT molecular complexity index is 540. The molecule has 4 N–H and O–H groups in total. The van der Waals surface area contributed by atoms with Crippen LogP contribution in [-0.2, 0) is 0 Å². The van der Waals surface area contributed by atoms with Crippen LogP contribution in [0, 0.1) is 0 Å². The molecule has 0 saturated heterocycles. The van der Waals surface area contributed by atoms with Crippen LogP contribution in [0.3, 0.4) is 0 Å². The lowest BCUT2D eigenvalue weighted by Crippen LogP contribution is -2.23. The summed E-state index contributed by atoms with van der Waals surface area (Å²) >= 11 is 0. The molecule has 0 fully saturated rings. The molecule has 0 aromatic carbocycles. The van der Waals surface area contributed by atoms with Crippen LogP contribution in [0.25, 0.3) is 11.4 Å². The SMILES string of the molecule is NC(=O)c1ccc(-c2ccc[nH]2)[nH]c1=O. The third-order valence-electron chi connectivity index (χ3n) is 2.06. The maximum absolute atomic E-state index is 11.4. The summed E-state index contributed by atoms with van der Waals surface area (Å²) in [7, 11) is 0. The molecule has 2 aromatic rings. The van der Waals surface area contributed by atoms with Crippen LogP contribution >= 0.6 is 0 Å². The number of hydrogen-bond donors (Lipinski definition) is 3. The number of carbonyl (C=O) groups is 1. The zero-order chi connectivity index (χ0) is 10.8. The van der Waals surface area contributed by atoms with Crippen LogP contribution < -0.4 is 11.3 Å². The van der Waals surface area contributed by atoms with Gasteiger partial charge in [0.15, 0.2) is 0 Å². The van der Waals surface area contributed by atoms with Crippen molar-refractivity contribution in [3.8, 4) is 11.4 Å². The van der Waals surface area contributed by atoms with Crippen molar-refractivity contribution in [3.63, 3.8) is 0 Å². The number of nitrogens with two attached hydrogens (primary N) is 1. The number of nitrogens with one attached hydrogen (secondary N) is 2. The van der Waals surface area contributed by atoms with Crippen molar-refractivity contribution in [1.82, 2.24) is 9.97 Å².